The zero-order valence-corrected chi connectivity index (χ0v) is 9.85. The van der Waals surface area contributed by atoms with Crippen LogP contribution in [0.15, 0.2) is 22.7 Å². The SMILES string of the molecule is CCC(=O)Oc1ccc(C(F)(F)F)cc1Br. The fourth-order valence-electron chi connectivity index (χ4n) is 0.955. The van der Waals surface area contributed by atoms with Crippen molar-refractivity contribution >= 4 is 21.9 Å². The Labute approximate surface area is 98.5 Å². The standard InChI is InChI=1S/C10H8BrF3O2/c1-2-9(15)16-8-4-3-6(5-7(8)11)10(12,13)14/h3-5H,2H2,1H3. The van der Waals surface area contributed by atoms with Gasteiger partial charge in [-0.25, -0.2) is 0 Å². The maximum absolute atomic E-state index is 12.3. The summed E-state index contributed by atoms with van der Waals surface area (Å²) >= 11 is 2.92. The van der Waals surface area contributed by atoms with E-state index in [0.29, 0.717) is 0 Å². The van der Waals surface area contributed by atoms with Crippen LogP contribution >= 0.6 is 15.9 Å². The number of rotatable bonds is 2. The van der Waals surface area contributed by atoms with Crippen molar-refractivity contribution in [1.29, 1.82) is 0 Å². The van der Waals surface area contributed by atoms with Gasteiger partial charge in [-0.05, 0) is 34.1 Å². The fraction of sp³-hybridized carbons (Fsp3) is 0.300. The van der Waals surface area contributed by atoms with Gasteiger partial charge in [-0.2, -0.15) is 13.2 Å². The molecule has 2 nitrogen and oxygen atoms in total. The van der Waals surface area contributed by atoms with E-state index in [1.54, 1.807) is 6.92 Å². The van der Waals surface area contributed by atoms with Crippen molar-refractivity contribution in [1.82, 2.24) is 0 Å². The van der Waals surface area contributed by atoms with Gasteiger partial charge in [-0.15, -0.1) is 0 Å². The number of esters is 1. The third-order valence-electron chi connectivity index (χ3n) is 1.77. The largest absolute Gasteiger partial charge is 0.425 e. The highest BCUT2D eigenvalue weighted by atomic mass is 79.9. The first-order valence-corrected chi connectivity index (χ1v) is 5.21. The molecule has 0 N–H and O–H groups in total. The maximum Gasteiger partial charge on any atom is 0.416 e. The molecule has 1 rings (SSSR count). The summed E-state index contributed by atoms with van der Waals surface area (Å²) < 4.78 is 41.8. The number of alkyl halides is 3. The number of ether oxygens (including phenoxy) is 1. The summed E-state index contributed by atoms with van der Waals surface area (Å²) in [7, 11) is 0. The van der Waals surface area contributed by atoms with Gasteiger partial charge in [0.2, 0.25) is 0 Å². The Kier molecular flexibility index (Phi) is 3.96. The molecule has 1 aromatic rings. The summed E-state index contributed by atoms with van der Waals surface area (Å²) in [5.41, 5.74) is -0.796. The Balaban J connectivity index is 2.96. The van der Waals surface area contributed by atoms with E-state index in [-0.39, 0.29) is 16.6 Å². The predicted molar refractivity (Wildman–Crippen MR) is 55.1 cm³/mol. The van der Waals surface area contributed by atoms with Gasteiger partial charge in [0.05, 0.1) is 10.0 Å². The lowest BCUT2D eigenvalue weighted by Gasteiger charge is -2.09. The molecule has 88 valence electrons. The molecule has 0 aliphatic carbocycles. The number of halogens is 4. The summed E-state index contributed by atoms with van der Waals surface area (Å²) in [6.07, 6.45) is -4.25. The Bertz CT molecular complexity index is 402. The van der Waals surface area contributed by atoms with Crippen LogP contribution in [0.2, 0.25) is 0 Å². The van der Waals surface area contributed by atoms with Crippen LogP contribution < -0.4 is 4.74 Å². The summed E-state index contributed by atoms with van der Waals surface area (Å²) in [5.74, 6) is -0.416. The summed E-state index contributed by atoms with van der Waals surface area (Å²) in [4.78, 5) is 10.9. The van der Waals surface area contributed by atoms with Crippen molar-refractivity contribution < 1.29 is 22.7 Å². The smallest absolute Gasteiger partial charge is 0.416 e. The van der Waals surface area contributed by atoms with Gasteiger partial charge in [-0.3, -0.25) is 4.79 Å². The van der Waals surface area contributed by atoms with Crippen LogP contribution in [0.5, 0.6) is 5.75 Å². The molecular formula is C10H8BrF3O2. The van der Waals surface area contributed by atoms with Crippen LogP contribution in [0.4, 0.5) is 13.2 Å². The first-order valence-electron chi connectivity index (χ1n) is 4.42. The number of hydrogen-bond acceptors (Lipinski definition) is 2. The highest BCUT2D eigenvalue weighted by Gasteiger charge is 2.31. The van der Waals surface area contributed by atoms with Crippen LogP contribution in [0, 0.1) is 0 Å². The molecular weight excluding hydrogens is 289 g/mol. The molecule has 0 bridgehead atoms. The van der Waals surface area contributed by atoms with E-state index in [2.05, 4.69) is 15.9 Å². The van der Waals surface area contributed by atoms with E-state index in [0.717, 1.165) is 18.2 Å². The minimum atomic E-state index is -4.41. The normalized spacial score (nSPS) is 11.3. The number of carbonyl (C=O) groups is 1. The molecule has 0 radical (unpaired) electrons. The van der Waals surface area contributed by atoms with Gasteiger partial charge in [0.15, 0.2) is 0 Å². The third-order valence-corrected chi connectivity index (χ3v) is 2.39. The first-order chi connectivity index (χ1) is 7.34. The molecule has 0 atom stereocenters. The highest BCUT2D eigenvalue weighted by molar-refractivity contribution is 9.10. The second-order valence-corrected chi connectivity index (χ2v) is 3.82. The topological polar surface area (TPSA) is 26.3 Å². The minimum absolute atomic E-state index is 0.0832. The minimum Gasteiger partial charge on any atom is -0.425 e. The van der Waals surface area contributed by atoms with Crippen LogP contribution in [0.3, 0.4) is 0 Å². The Hall–Kier alpha value is -1.04. The molecule has 16 heavy (non-hydrogen) atoms. The van der Waals surface area contributed by atoms with Crippen LogP contribution in [0.25, 0.3) is 0 Å². The number of carbonyl (C=O) groups excluding carboxylic acids is 1. The molecule has 0 saturated heterocycles. The van der Waals surface area contributed by atoms with Gasteiger partial charge in [0.25, 0.3) is 0 Å². The average Bonchev–Trinajstić information content (AvgIpc) is 2.19. The summed E-state index contributed by atoms with van der Waals surface area (Å²) in [5, 5.41) is 0. The zero-order valence-electron chi connectivity index (χ0n) is 8.27. The molecule has 0 aliphatic rings. The second-order valence-electron chi connectivity index (χ2n) is 2.97. The molecule has 1 aromatic carbocycles. The Morgan fingerprint density at radius 2 is 2.06 bits per heavy atom. The molecule has 0 amide bonds. The summed E-state index contributed by atoms with van der Waals surface area (Å²) in [6.45, 7) is 1.60. The fourth-order valence-corrected chi connectivity index (χ4v) is 1.41. The van der Waals surface area contributed by atoms with E-state index in [1.165, 1.54) is 0 Å². The first kappa shape index (κ1) is 13.0. The van der Waals surface area contributed by atoms with Crippen molar-refractivity contribution in [2.45, 2.75) is 19.5 Å². The molecule has 0 aromatic heterocycles. The van der Waals surface area contributed by atoms with Crippen molar-refractivity contribution in [3.8, 4) is 5.75 Å². The molecule has 6 heteroatoms. The average molecular weight is 297 g/mol. The predicted octanol–water partition coefficient (Wildman–Crippen LogP) is 3.78. The van der Waals surface area contributed by atoms with Crippen molar-refractivity contribution in [3.05, 3.63) is 28.2 Å². The summed E-state index contributed by atoms with van der Waals surface area (Å²) in [6, 6.07) is 2.85. The zero-order chi connectivity index (χ0) is 12.3. The third kappa shape index (κ3) is 3.23. The second kappa shape index (κ2) is 4.86. The van der Waals surface area contributed by atoms with Gasteiger partial charge in [-0.1, -0.05) is 6.92 Å². The maximum atomic E-state index is 12.3. The molecule has 0 saturated carbocycles. The molecule has 0 aliphatic heterocycles. The Morgan fingerprint density at radius 3 is 2.50 bits per heavy atom. The lowest BCUT2D eigenvalue weighted by molar-refractivity contribution is -0.137. The highest BCUT2D eigenvalue weighted by Crippen LogP contribution is 2.34. The van der Waals surface area contributed by atoms with E-state index >= 15 is 0 Å². The van der Waals surface area contributed by atoms with E-state index in [4.69, 9.17) is 4.74 Å². The number of hydrogen-bond donors (Lipinski definition) is 0. The van der Waals surface area contributed by atoms with Crippen LogP contribution in [-0.4, -0.2) is 5.97 Å². The lowest BCUT2D eigenvalue weighted by atomic mass is 10.2. The van der Waals surface area contributed by atoms with Gasteiger partial charge >= 0.3 is 12.1 Å². The lowest BCUT2D eigenvalue weighted by Crippen LogP contribution is -2.08. The van der Waals surface area contributed by atoms with Crippen LogP contribution in [-0.2, 0) is 11.0 Å². The monoisotopic (exact) mass is 296 g/mol. The number of benzene rings is 1. The van der Waals surface area contributed by atoms with Gasteiger partial charge in [0, 0.05) is 6.42 Å². The van der Waals surface area contributed by atoms with Crippen molar-refractivity contribution in [2.24, 2.45) is 0 Å². The van der Waals surface area contributed by atoms with Gasteiger partial charge in [0.1, 0.15) is 5.75 Å². The van der Waals surface area contributed by atoms with Crippen molar-refractivity contribution in [2.75, 3.05) is 0 Å². The Morgan fingerprint density at radius 1 is 1.44 bits per heavy atom. The van der Waals surface area contributed by atoms with E-state index < -0.39 is 17.7 Å². The van der Waals surface area contributed by atoms with E-state index in [9.17, 15) is 18.0 Å². The van der Waals surface area contributed by atoms with E-state index in [1.807, 2.05) is 0 Å². The van der Waals surface area contributed by atoms with Gasteiger partial charge < -0.3 is 4.74 Å². The molecule has 0 fully saturated rings. The molecule has 0 unspecified atom stereocenters. The molecule has 0 heterocycles. The van der Waals surface area contributed by atoms with Crippen LogP contribution in [0.1, 0.15) is 18.9 Å². The quantitative estimate of drug-likeness (QED) is 0.613. The van der Waals surface area contributed by atoms with Crippen molar-refractivity contribution in [3.63, 3.8) is 0 Å². The molecule has 0 spiro atoms.